The highest BCUT2D eigenvalue weighted by atomic mass is 35.5. The molecule has 5 heteroatoms. The third kappa shape index (κ3) is 4.95. The molecule has 1 aromatic carbocycles. The Morgan fingerprint density at radius 3 is 2.67 bits per heavy atom. The van der Waals surface area contributed by atoms with Gasteiger partial charge in [-0.2, -0.15) is 0 Å². The van der Waals surface area contributed by atoms with Gasteiger partial charge in [0, 0.05) is 43.3 Å². The first-order chi connectivity index (χ1) is 11.4. The smallest absolute Gasteiger partial charge is 0.239 e. The van der Waals surface area contributed by atoms with Gasteiger partial charge in [0.1, 0.15) is 0 Å². The van der Waals surface area contributed by atoms with Gasteiger partial charge in [-0.05, 0) is 38.0 Å². The number of halogens is 1. The molecule has 1 amide bonds. The Kier molecular flexibility index (Phi) is 7.08. The molecule has 1 saturated heterocycles. The highest BCUT2D eigenvalue weighted by Crippen LogP contribution is 2.24. The van der Waals surface area contributed by atoms with Crippen molar-refractivity contribution < 1.29 is 4.79 Å². The lowest BCUT2D eigenvalue weighted by Gasteiger charge is -2.28. The van der Waals surface area contributed by atoms with E-state index in [0.717, 1.165) is 43.2 Å². The maximum Gasteiger partial charge on any atom is 0.239 e. The Labute approximate surface area is 151 Å². The quantitative estimate of drug-likeness (QED) is 0.819. The molecule has 4 nitrogen and oxygen atoms in total. The lowest BCUT2D eigenvalue weighted by molar-refractivity contribution is -0.135. The van der Waals surface area contributed by atoms with Crippen LogP contribution in [0.15, 0.2) is 24.3 Å². The van der Waals surface area contributed by atoms with Gasteiger partial charge >= 0.3 is 0 Å². The largest absolute Gasteiger partial charge is 0.342 e. The van der Waals surface area contributed by atoms with Gasteiger partial charge in [-0.1, -0.05) is 37.6 Å². The van der Waals surface area contributed by atoms with Gasteiger partial charge < -0.3 is 10.2 Å². The Morgan fingerprint density at radius 2 is 2.08 bits per heavy atom. The molecular formula is C19H30ClN3O. The zero-order valence-corrected chi connectivity index (χ0v) is 16.0. The van der Waals surface area contributed by atoms with Gasteiger partial charge in [0.05, 0.1) is 6.04 Å². The number of carbonyl (C=O) groups is 1. The van der Waals surface area contributed by atoms with E-state index in [1.165, 1.54) is 0 Å². The van der Waals surface area contributed by atoms with Crippen molar-refractivity contribution >= 4 is 17.5 Å². The topological polar surface area (TPSA) is 35.6 Å². The molecule has 0 spiro atoms. The predicted molar refractivity (Wildman–Crippen MR) is 100 cm³/mol. The van der Waals surface area contributed by atoms with Gasteiger partial charge in [0.2, 0.25) is 5.91 Å². The molecule has 1 aliphatic heterocycles. The van der Waals surface area contributed by atoms with Crippen LogP contribution in [0.25, 0.3) is 0 Å². The minimum absolute atomic E-state index is 0.0554. The van der Waals surface area contributed by atoms with Crippen molar-refractivity contribution in [2.75, 3.05) is 19.6 Å². The summed E-state index contributed by atoms with van der Waals surface area (Å²) in [6.07, 6.45) is 0.869. The Morgan fingerprint density at radius 1 is 1.38 bits per heavy atom. The number of rotatable bonds is 7. The number of hydrogen-bond acceptors (Lipinski definition) is 3. The van der Waals surface area contributed by atoms with E-state index in [-0.39, 0.29) is 11.9 Å². The summed E-state index contributed by atoms with van der Waals surface area (Å²) in [6.45, 7) is 11.6. The molecule has 0 unspecified atom stereocenters. The van der Waals surface area contributed by atoms with E-state index in [0.29, 0.717) is 12.1 Å². The summed E-state index contributed by atoms with van der Waals surface area (Å²) in [5.74, 6) is 0.245. The molecule has 134 valence electrons. The van der Waals surface area contributed by atoms with E-state index < -0.39 is 0 Å². The van der Waals surface area contributed by atoms with Gasteiger partial charge in [-0.15, -0.1) is 0 Å². The summed E-state index contributed by atoms with van der Waals surface area (Å²) in [7, 11) is 0. The fourth-order valence-corrected chi connectivity index (χ4v) is 3.76. The summed E-state index contributed by atoms with van der Waals surface area (Å²) >= 11 is 6.12. The number of nitrogens with zero attached hydrogens (tertiary/aromatic N) is 2. The average molecular weight is 352 g/mol. The summed E-state index contributed by atoms with van der Waals surface area (Å²) in [5, 5.41) is 4.34. The minimum atomic E-state index is -0.0554. The molecule has 0 aliphatic carbocycles. The summed E-state index contributed by atoms with van der Waals surface area (Å²) < 4.78 is 0. The first-order valence-electron chi connectivity index (χ1n) is 8.97. The molecule has 1 heterocycles. The summed E-state index contributed by atoms with van der Waals surface area (Å²) in [5.41, 5.74) is 1.16. The molecule has 24 heavy (non-hydrogen) atoms. The zero-order chi connectivity index (χ0) is 17.7. The van der Waals surface area contributed by atoms with Crippen LogP contribution in [0.2, 0.25) is 5.02 Å². The molecule has 0 aromatic heterocycles. The Balaban J connectivity index is 2.15. The molecular weight excluding hydrogens is 322 g/mol. The summed E-state index contributed by atoms with van der Waals surface area (Å²) in [4.78, 5) is 17.2. The van der Waals surface area contributed by atoms with Gasteiger partial charge in [0.25, 0.3) is 0 Å². The SMILES string of the molecule is CCN(CC)C(=O)[C@@H]1C[C@H](NC(C)C)CN1Cc1cccc(Cl)c1. The maximum atomic E-state index is 12.9. The van der Waals surface area contributed by atoms with Crippen molar-refractivity contribution in [2.45, 2.75) is 58.8 Å². The average Bonchev–Trinajstić information content (AvgIpc) is 2.90. The van der Waals surface area contributed by atoms with Crippen molar-refractivity contribution in [3.8, 4) is 0 Å². The van der Waals surface area contributed by atoms with Gasteiger partial charge in [-0.3, -0.25) is 9.69 Å². The van der Waals surface area contributed by atoms with E-state index in [2.05, 4.69) is 30.1 Å². The van der Waals surface area contributed by atoms with Crippen LogP contribution in [-0.4, -0.2) is 53.5 Å². The number of likely N-dealkylation sites (tertiary alicyclic amines) is 1. The van der Waals surface area contributed by atoms with Crippen LogP contribution in [0.3, 0.4) is 0 Å². The number of carbonyl (C=O) groups excluding carboxylic acids is 1. The van der Waals surface area contributed by atoms with E-state index in [1.807, 2.05) is 36.9 Å². The molecule has 0 bridgehead atoms. The van der Waals surface area contributed by atoms with Crippen molar-refractivity contribution in [1.29, 1.82) is 0 Å². The van der Waals surface area contributed by atoms with Crippen LogP contribution >= 0.6 is 11.6 Å². The second kappa shape index (κ2) is 8.84. The lowest BCUT2D eigenvalue weighted by Crippen LogP contribution is -2.45. The fourth-order valence-electron chi connectivity index (χ4n) is 3.54. The van der Waals surface area contributed by atoms with Crippen molar-refractivity contribution in [3.05, 3.63) is 34.9 Å². The molecule has 0 radical (unpaired) electrons. The predicted octanol–water partition coefficient (Wildman–Crippen LogP) is 3.15. The second-order valence-electron chi connectivity index (χ2n) is 6.84. The number of nitrogens with one attached hydrogen (secondary N) is 1. The Bertz CT molecular complexity index is 545. The van der Waals surface area contributed by atoms with Crippen LogP contribution in [-0.2, 0) is 11.3 Å². The molecule has 1 fully saturated rings. The molecule has 1 N–H and O–H groups in total. The third-order valence-corrected chi connectivity index (χ3v) is 4.84. The van der Waals surface area contributed by atoms with Gasteiger partial charge in [-0.25, -0.2) is 0 Å². The number of likely N-dealkylation sites (N-methyl/N-ethyl adjacent to an activating group) is 1. The normalized spacial score (nSPS) is 21.4. The van der Waals surface area contributed by atoms with Crippen LogP contribution in [0, 0.1) is 0 Å². The standard InChI is InChI=1S/C19H30ClN3O/c1-5-22(6-2)19(24)18-11-17(21-14(3)4)13-23(18)12-15-8-7-9-16(20)10-15/h7-10,14,17-18,21H,5-6,11-13H2,1-4H3/t17-,18-/m0/s1. The highest BCUT2D eigenvalue weighted by molar-refractivity contribution is 6.30. The number of amides is 1. The molecule has 0 saturated carbocycles. The van der Waals surface area contributed by atoms with Crippen molar-refractivity contribution in [1.82, 2.24) is 15.1 Å². The van der Waals surface area contributed by atoms with E-state index in [1.54, 1.807) is 0 Å². The van der Waals surface area contributed by atoms with E-state index in [9.17, 15) is 4.79 Å². The van der Waals surface area contributed by atoms with Crippen LogP contribution in [0.4, 0.5) is 0 Å². The molecule has 1 aromatic rings. The van der Waals surface area contributed by atoms with Crippen molar-refractivity contribution in [3.63, 3.8) is 0 Å². The van der Waals surface area contributed by atoms with Crippen LogP contribution in [0.1, 0.15) is 39.7 Å². The molecule has 1 aliphatic rings. The van der Waals surface area contributed by atoms with Gasteiger partial charge in [0.15, 0.2) is 0 Å². The first-order valence-corrected chi connectivity index (χ1v) is 9.35. The van der Waals surface area contributed by atoms with Crippen LogP contribution in [0.5, 0.6) is 0 Å². The molecule has 2 atom stereocenters. The monoisotopic (exact) mass is 351 g/mol. The van der Waals surface area contributed by atoms with E-state index in [4.69, 9.17) is 11.6 Å². The summed E-state index contributed by atoms with van der Waals surface area (Å²) in [6, 6.07) is 8.65. The maximum absolute atomic E-state index is 12.9. The Hall–Kier alpha value is -1.10. The van der Waals surface area contributed by atoms with E-state index >= 15 is 0 Å². The fraction of sp³-hybridized carbons (Fsp3) is 0.632. The molecule has 2 rings (SSSR count). The van der Waals surface area contributed by atoms with Crippen LogP contribution < -0.4 is 5.32 Å². The van der Waals surface area contributed by atoms with Crippen molar-refractivity contribution in [2.24, 2.45) is 0 Å². The zero-order valence-electron chi connectivity index (χ0n) is 15.3. The number of hydrogen-bond donors (Lipinski definition) is 1. The first kappa shape index (κ1) is 19.2. The number of benzene rings is 1. The lowest BCUT2D eigenvalue weighted by atomic mass is 10.1. The third-order valence-electron chi connectivity index (χ3n) is 4.61. The minimum Gasteiger partial charge on any atom is -0.342 e. The highest BCUT2D eigenvalue weighted by Gasteiger charge is 2.38. The second-order valence-corrected chi connectivity index (χ2v) is 7.28.